The SMILES string of the molecule is O=C(CCn1cncn1)NC1CCC(Oc2ccc3c(c2)CCC(c2ccccc2F)O3)CC1. The lowest BCUT2D eigenvalue weighted by molar-refractivity contribution is -0.122. The predicted molar refractivity (Wildman–Crippen MR) is 124 cm³/mol. The number of fused-ring (bicyclic) bond motifs is 1. The summed E-state index contributed by atoms with van der Waals surface area (Å²) in [5.41, 5.74) is 1.70. The maximum absolute atomic E-state index is 14.1. The Balaban J connectivity index is 1.09. The van der Waals surface area contributed by atoms with Gasteiger partial charge in [-0.3, -0.25) is 9.48 Å². The van der Waals surface area contributed by atoms with E-state index in [0.717, 1.165) is 55.6 Å². The number of ether oxygens (including phenoxy) is 2. The highest BCUT2D eigenvalue weighted by molar-refractivity contribution is 5.76. The fraction of sp³-hybridized carbons (Fsp3) is 0.423. The highest BCUT2D eigenvalue weighted by Gasteiger charge is 2.26. The van der Waals surface area contributed by atoms with E-state index < -0.39 is 0 Å². The molecule has 7 nitrogen and oxygen atoms in total. The lowest BCUT2D eigenvalue weighted by Gasteiger charge is -2.30. The van der Waals surface area contributed by atoms with E-state index in [4.69, 9.17) is 9.47 Å². The molecule has 1 aliphatic heterocycles. The van der Waals surface area contributed by atoms with Gasteiger partial charge in [-0.2, -0.15) is 5.10 Å². The molecule has 1 saturated carbocycles. The number of nitrogens with zero attached hydrogens (tertiary/aromatic N) is 3. The summed E-state index contributed by atoms with van der Waals surface area (Å²) in [4.78, 5) is 16.1. The monoisotopic (exact) mass is 464 g/mol. The molecule has 178 valence electrons. The van der Waals surface area contributed by atoms with Crippen molar-refractivity contribution in [2.75, 3.05) is 0 Å². The molecule has 0 spiro atoms. The van der Waals surface area contributed by atoms with Gasteiger partial charge in [0.25, 0.3) is 0 Å². The first kappa shape index (κ1) is 22.4. The van der Waals surface area contributed by atoms with Crippen LogP contribution in [0.2, 0.25) is 0 Å². The second-order valence-electron chi connectivity index (χ2n) is 9.00. The first-order valence-corrected chi connectivity index (χ1v) is 12.0. The number of aromatic nitrogens is 3. The number of rotatable bonds is 7. The maximum atomic E-state index is 14.1. The lowest BCUT2D eigenvalue weighted by Crippen LogP contribution is -2.40. The summed E-state index contributed by atoms with van der Waals surface area (Å²) in [6, 6.07) is 12.9. The minimum absolute atomic E-state index is 0.0447. The molecular weight excluding hydrogens is 435 g/mol. The average Bonchev–Trinajstić information content (AvgIpc) is 3.38. The minimum Gasteiger partial charge on any atom is -0.490 e. The summed E-state index contributed by atoms with van der Waals surface area (Å²) in [5.74, 6) is 1.46. The molecule has 2 aliphatic rings. The third kappa shape index (κ3) is 5.38. The first-order valence-electron chi connectivity index (χ1n) is 12.0. The number of carbonyl (C=O) groups excluding carboxylic acids is 1. The Bertz CT molecular complexity index is 1110. The van der Waals surface area contributed by atoms with E-state index >= 15 is 0 Å². The second kappa shape index (κ2) is 10.2. The van der Waals surface area contributed by atoms with Gasteiger partial charge in [0.1, 0.15) is 36.1 Å². The molecule has 8 heteroatoms. The van der Waals surface area contributed by atoms with Crippen molar-refractivity contribution < 1.29 is 18.7 Å². The van der Waals surface area contributed by atoms with Gasteiger partial charge in [-0.05, 0) is 68.4 Å². The fourth-order valence-corrected chi connectivity index (χ4v) is 4.78. The van der Waals surface area contributed by atoms with Crippen LogP contribution in [0.25, 0.3) is 0 Å². The number of amides is 1. The van der Waals surface area contributed by atoms with Crippen molar-refractivity contribution in [1.29, 1.82) is 0 Å². The Morgan fingerprint density at radius 1 is 1.15 bits per heavy atom. The van der Waals surface area contributed by atoms with Crippen LogP contribution < -0.4 is 14.8 Å². The number of hydrogen-bond donors (Lipinski definition) is 1. The van der Waals surface area contributed by atoms with E-state index in [0.29, 0.717) is 18.5 Å². The van der Waals surface area contributed by atoms with Gasteiger partial charge in [-0.1, -0.05) is 18.2 Å². The van der Waals surface area contributed by atoms with Crippen molar-refractivity contribution in [3.05, 3.63) is 72.1 Å². The number of aryl methyl sites for hydroxylation is 2. The van der Waals surface area contributed by atoms with Crippen LogP contribution in [-0.2, 0) is 17.8 Å². The number of hydrogen-bond acceptors (Lipinski definition) is 5. The van der Waals surface area contributed by atoms with Crippen molar-refractivity contribution in [3.63, 3.8) is 0 Å². The molecule has 5 rings (SSSR count). The molecule has 3 aromatic rings. The Hall–Kier alpha value is -3.42. The van der Waals surface area contributed by atoms with Crippen LogP contribution in [-0.4, -0.2) is 32.8 Å². The lowest BCUT2D eigenvalue weighted by atomic mass is 9.92. The van der Waals surface area contributed by atoms with Crippen molar-refractivity contribution in [2.45, 2.75) is 69.7 Å². The van der Waals surface area contributed by atoms with Crippen molar-refractivity contribution >= 4 is 5.91 Å². The molecule has 0 radical (unpaired) electrons. The summed E-state index contributed by atoms with van der Waals surface area (Å²) in [6.45, 7) is 0.535. The Labute approximate surface area is 198 Å². The number of carbonyl (C=O) groups is 1. The van der Waals surface area contributed by atoms with Crippen LogP contribution in [0, 0.1) is 5.82 Å². The highest BCUT2D eigenvalue weighted by atomic mass is 19.1. The smallest absolute Gasteiger partial charge is 0.222 e. The van der Waals surface area contributed by atoms with Gasteiger partial charge in [-0.15, -0.1) is 0 Å². The van der Waals surface area contributed by atoms with Gasteiger partial charge in [0, 0.05) is 18.0 Å². The third-order valence-corrected chi connectivity index (χ3v) is 6.61. The molecule has 1 aliphatic carbocycles. The van der Waals surface area contributed by atoms with Crippen molar-refractivity contribution in [1.82, 2.24) is 20.1 Å². The Morgan fingerprint density at radius 3 is 2.79 bits per heavy atom. The van der Waals surface area contributed by atoms with Crippen LogP contribution >= 0.6 is 0 Å². The standard InChI is InChI=1S/C26H29FN4O3/c27-23-4-2-1-3-22(23)25-11-5-18-15-21(10-12-24(18)34-25)33-20-8-6-19(7-9-20)30-26(32)13-14-31-17-28-16-29-31/h1-4,10,12,15-17,19-20,25H,5-9,11,13-14H2,(H,30,32). The quantitative estimate of drug-likeness (QED) is 0.562. The molecule has 1 fully saturated rings. The van der Waals surface area contributed by atoms with Crippen molar-refractivity contribution in [3.8, 4) is 11.5 Å². The molecule has 0 saturated heterocycles. The minimum atomic E-state index is -0.262. The molecule has 2 heterocycles. The number of benzene rings is 2. The molecular formula is C26H29FN4O3. The summed E-state index contributed by atoms with van der Waals surface area (Å²) < 4.78 is 28.1. The highest BCUT2D eigenvalue weighted by Crippen LogP contribution is 2.38. The average molecular weight is 465 g/mol. The fourth-order valence-electron chi connectivity index (χ4n) is 4.78. The van der Waals surface area contributed by atoms with Crippen molar-refractivity contribution in [2.24, 2.45) is 0 Å². The zero-order valence-electron chi connectivity index (χ0n) is 19.0. The van der Waals surface area contributed by atoms with Gasteiger partial charge in [-0.25, -0.2) is 9.37 Å². The number of halogens is 1. The van der Waals surface area contributed by atoms with Crippen LogP contribution in [0.1, 0.15) is 55.8 Å². The van der Waals surface area contributed by atoms with Crippen LogP contribution in [0.3, 0.4) is 0 Å². The molecule has 34 heavy (non-hydrogen) atoms. The Kier molecular flexibility index (Phi) is 6.74. The summed E-state index contributed by atoms with van der Waals surface area (Å²) in [6.07, 6.45) is 8.51. The van der Waals surface area contributed by atoms with E-state index in [1.165, 1.54) is 12.4 Å². The van der Waals surface area contributed by atoms with Crippen LogP contribution in [0.5, 0.6) is 11.5 Å². The molecule has 1 aromatic heterocycles. The molecule has 1 atom stereocenters. The summed E-state index contributed by atoms with van der Waals surface area (Å²) in [7, 11) is 0. The molecule has 0 bridgehead atoms. The molecule has 1 N–H and O–H groups in total. The van der Waals surface area contributed by atoms with Gasteiger partial charge in [0.05, 0.1) is 12.6 Å². The predicted octanol–water partition coefficient (Wildman–Crippen LogP) is 4.38. The van der Waals surface area contributed by atoms with Crippen LogP contribution in [0.15, 0.2) is 55.1 Å². The van der Waals surface area contributed by atoms with E-state index in [1.54, 1.807) is 23.1 Å². The zero-order valence-corrected chi connectivity index (χ0v) is 19.0. The third-order valence-electron chi connectivity index (χ3n) is 6.61. The van der Waals surface area contributed by atoms with Gasteiger partial charge >= 0.3 is 0 Å². The zero-order chi connectivity index (χ0) is 23.3. The van der Waals surface area contributed by atoms with E-state index in [2.05, 4.69) is 15.4 Å². The summed E-state index contributed by atoms with van der Waals surface area (Å²) >= 11 is 0. The molecule has 1 amide bonds. The topological polar surface area (TPSA) is 78.3 Å². The van der Waals surface area contributed by atoms with E-state index in [1.807, 2.05) is 24.3 Å². The second-order valence-corrected chi connectivity index (χ2v) is 9.00. The van der Waals surface area contributed by atoms with E-state index in [-0.39, 0.29) is 30.0 Å². The largest absolute Gasteiger partial charge is 0.490 e. The molecule has 1 unspecified atom stereocenters. The van der Waals surface area contributed by atoms with Gasteiger partial charge in [0.15, 0.2) is 0 Å². The van der Waals surface area contributed by atoms with Gasteiger partial charge < -0.3 is 14.8 Å². The normalized spacial score (nSPS) is 21.9. The summed E-state index contributed by atoms with van der Waals surface area (Å²) in [5, 5.41) is 7.15. The van der Waals surface area contributed by atoms with Crippen LogP contribution in [0.4, 0.5) is 4.39 Å². The maximum Gasteiger partial charge on any atom is 0.222 e. The first-order chi connectivity index (χ1) is 16.6. The molecule has 2 aromatic carbocycles. The van der Waals surface area contributed by atoms with E-state index in [9.17, 15) is 9.18 Å². The van der Waals surface area contributed by atoms with Gasteiger partial charge in [0.2, 0.25) is 5.91 Å². The Morgan fingerprint density at radius 2 is 2.00 bits per heavy atom. The number of nitrogens with one attached hydrogen (secondary N) is 1.